The van der Waals surface area contributed by atoms with Crippen LogP contribution in [0.4, 0.5) is 0 Å². The Morgan fingerprint density at radius 2 is 1.88 bits per heavy atom. The van der Waals surface area contributed by atoms with Crippen LogP contribution in [-0.4, -0.2) is 62.4 Å². The SMILES string of the molecule is CCOc1ccccc1S(=O)(=O)N1CC(N2CCC(C(N)=O)CC2)C1. The molecule has 8 heteroatoms. The summed E-state index contributed by atoms with van der Waals surface area (Å²) in [4.78, 5) is 13.7. The zero-order valence-electron chi connectivity index (χ0n) is 14.4. The van der Waals surface area contributed by atoms with Crippen LogP contribution in [0, 0.1) is 5.92 Å². The largest absolute Gasteiger partial charge is 0.492 e. The summed E-state index contributed by atoms with van der Waals surface area (Å²) in [7, 11) is -3.54. The molecule has 0 aliphatic carbocycles. The first kappa shape index (κ1) is 18.2. The predicted octanol–water partition coefficient (Wildman–Crippen LogP) is 0.656. The number of hydrogen-bond acceptors (Lipinski definition) is 5. The van der Waals surface area contributed by atoms with Crippen molar-refractivity contribution < 1.29 is 17.9 Å². The molecule has 0 spiro atoms. The van der Waals surface area contributed by atoms with Crippen molar-refractivity contribution in [2.75, 3.05) is 32.8 Å². The molecular formula is C17H25N3O4S. The second-order valence-corrected chi connectivity index (χ2v) is 8.47. The maximum atomic E-state index is 12.8. The van der Waals surface area contributed by atoms with Crippen LogP contribution in [0.25, 0.3) is 0 Å². The van der Waals surface area contributed by atoms with Crippen LogP contribution in [0.2, 0.25) is 0 Å². The van der Waals surface area contributed by atoms with Crippen LogP contribution in [0.5, 0.6) is 5.75 Å². The number of carbonyl (C=O) groups excluding carboxylic acids is 1. The molecule has 2 heterocycles. The number of piperidine rings is 1. The molecule has 1 aromatic carbocycles. The second-order valence-electron chi connectivity index (χ2n) is 6.57. The van der Waals surface area contributed by atoms with Gasteiger partial charge in [0.25, 0.3) is 0 Å². The van der Waals surface area contributed by atoms with Gasteiger partial charge in [-0.25, -0.2) is 8.42 Å². The van der Waals surface area contributed by atoms with Gasteiger partial charge in [-0.3, -0.25) is 9.69 Å². The number of carbonyl (C=O) groups is 1. The first-order valence-corrected chi connectivity index (χ1v) is 10.1. The minimum absolute atomic E-state index is 0.0470. The van der Waals surface area contributed by atoms with E-state index in [1.165, 1.54) is 4.31 Å². The van der Waals surface area contributed by atoms with Gasteiger partial charge in [0.15, 0.2) is 0 Å². The fourth-order valence-corrected chi connectivity index (χ4v) is 5.12. The molecule has 25 heavy (non-hydrogen) atoms. The number of amides is 1. The predicted molar refractivity (Wildman–Crippen MR) is 93.6 cm³/mol. The Morgan fingerprint density at radius 3 is 2.48 bits per heavy atom. The summed E-state index contributed by atoms with van der Waals surface area (Å²) in [6.07, 6.45) is 1.51. The minimum Gasteiger partial charge on any atom is -0.492 e. The summed E-state index contributed by atoms with van der Waals surface area (Å²) in [5.74, 6) is 0.120. The molecule has 1 amide bonds. The highest BCUT2D eigenvalue weighted by Gasteiger charge is 2.41. The van der Waals surface area contributed by atoms with Gasteiger partial charge in [0.2, 0.25) is 15.9 Å². The molecule has 138 valence electrons. The van der Waals surface area contributed by atoms with Crippen molar-refractivity contribution in [3.05, 3.63) is 24.3 Å². The lowest BCUT2D eigenvalue weighted by Gasteiger charge is -2.46. The number of para-hydroxylation sites is 1. The quantitative estimate of drug-likeness (QED) is 0.797. The van der Waals surface area contributed by atoms with Crippen molar-refractivity contribution in [2.45, 2.75) is 30.7 Å². The minimum atomic E-state index is -3.54. The van der Waals surface area contributed by atoms with Crippen LogP contribution in [0.1, 0.15) is 19.8 Å². The first-order chi connectivity index (χ1) is 11.9. The smallest absolute Gasteiger partial charge is 0.246 e. The molecule has 0 bridgehead atoms. The summed E-state index contributed by atoms with van der Waals surface area (Å²) >= 11 is 0. The summed E-state index contributed by atoms with van der Waals surface area (Å²) in [5.41, 5.74) is 5.36. The van der Waals surface area contributed by atoms with E-state index in [0.29, 0.717) is 25.4 Å². The lowest BCUT2D eigenvalue weighted by molar-refractivity contribution is -0.123. The van der Waals surface area contributed by atoms with E-state index in [0.717, 1.165) is 25.9 Å². The van der Waals surface area contributed by atoms with Gasteiger partial charge in [-0.15, -0.1) is 0 Å². The fraction of sp³-hybridized carbons (Fsp3) is 0.588. The maximum Gasteiger partial charge on any atom is 0.246 e. The number of primary amides is 1. The number of rotatable bonds is 6. The average molecular weight is 367 g/mol. The normalized spacial score (nSPS) is 21.0. The molecule has 2 aliphatic heterocycles. The highest BCUT2D eigenvalue weighted by molar-refractivity contribution is 7.89. The van der Waals surface area contributed by atoms with E-state index >= 15 is 0 Å². The average Bonchev–Trinajstić information content (AvgIpc) is 2.54. The Morgan fingerprint density at radius 1 is 1.24 bits per heavy atom. The molecule has 2 aliphatic rings. The van der Waals surface area contributed by atoms with Crippen molar-refractivity contribution >= 4 is 15.9 Å². The van der Waals surface area contributed by atoms with E-state index in [2.05, 4.69) is 4.90 Å². The molecule has 3 rings (SSSR count). The molecule has 0 aromatic heterocycles. The van der Waals surface area contributed by atoms with Crippen molar-refractivity contribution in [3.63, 3.8) is 0 Å². The molecule has 2 N–H and O–H groups in total. The summed E-state index contributed by atoms with van der Waals surface area (Å²) in [6.45, 7) is 4.79. The molecule has 7 nitrogen and oxygen atoms in total. The number of sulfonamides is 1. The number of likely N-dealkylation sites (tertiary alicyclic amines) is 1. The number of nitrogens with two attached hydrogens (primary N) is 1. The van der Waals surface area contributed by atoms with Gasteiger partial charge in [-0.1, -0.05) is 12.1 Å². The third-order valence-electron chi connectivity index (χ3n) is 5.04. The Hall–Kier alpha value is -1.64. The van der Waals surface area contributed by atoms with Gasteiger partial charge >= 0.3 is 0 Å². The lowest BCUT2D eigenvalue weighted by Crippen LogP contribution is -2.62. The van der Waals surface area contributed by atoms with Crippen LogP contribution >= 0.6 is 0 Å². The van der Waals surface area contributed by atoms with E-state index in [1.54, 1.807) is 24.3 Å². The summed E-state index contributed by atoms with van der Waals surface area (Å²) < 4.78 is 32.6. The molecule has 0 unspecified atom stereocenters. The number of ether oxygens (including phenoxy) is 1. The van der Waals surface area contributed by atoms with E-state index in [9.17, 15) is 13.2 Å². The van der Waals surface area contributed by atoms with Gasteiger partial charge in [0, 0.05) is 25.0 Å². The van der Waals surface area contributed by atoms with Gasteiger partial charge < -0.3 is 10.5 Å². The summed E-state index contributed by atoms with van der Waals surface area (Å²) in [6, 6.07) is 6.96. The van der Waals surface area contributed by atoms with Crippen molar-refractivity contribution in [1.82, 2.24) is 9.21 Å². The first-order valence-electron chi connectivity index (χ1n) is 8.68. The highest BCUT2D eigenvalue weighted by atomic mass is 32.2. The molecule has 0 saturated carbocycles. The topological polar surface area (TPSA) is 92.9 Å². The van der Waals surface area contributed by atoms with Gasteiger partial charge in [0.05, 0.1) is 6.61 Å². The highest BCUT2D eigenvalue weighted by Crippen LogP contribution is 2.31. The van der Waals surface area contributed by atoms with Crippen molar-refractivity contribution in [3.8, 4) is 5.75 Å². The Balaban J connectivity index is 1.62. The Bertz CT molecular complexity index is 723. The lowest BCUT2D eigenvalue weighted by atomic mass is 9.94. The maximum absolute atomic E-state index is 12.8. The van der Waals surface area contributed by atoms with E-state index in [-0.39, 0.29) is 22.8 Å². The summed E-state index contributed by atoms with van der Waals surface area (Å²) in [5, 5.41) is 0. The van der Waals surface area contributed by atoms with Crippen LogP contribution < -0.4 is 10.5 Å². The standard InChI is InChI=1S/C17H25N3O4S/c1-2-24-15-5-3-4-6-16(15)25(22,23)20-11-14(12-20)19-9-7-13(8-10-19)17(18)21/h3-6,13-14H,2,7-12H2,1H3,(H2,18,21). The Labute approximate surface area is 148 Å². The third kappa shape index (κ3) is 3.65. The van der Waals surface area contributed by atoms with Crippen LogP contribution in [0.15, 0.2) is 29.2 Å². The number of nitrogens with zero attached hydrogens (tertiary/aromatic N) is 2. The molecule has 2 fully saturated rings. The second kappa shape index (κ2) is 7.31. The van der Waals surface area contributed by atoms with E-state index < -0.39 is 10.0 Å². The van der Waals surface area contributed by atoms with Gasteiger partial charge in [0.1, 0.15) is 10.6 Å². The molecule has 1 aromatic rings. The molecular weight excluding hydrogens is 342 g/mol. The van der Waals surface area contributed by atoms with Gasteiger partial charge in [-0.2, -0.15) is 4.31 Å². The molecule has 0 atom stereocenters. The third-order valence-corrected chi connectivity index (χ3v) is 6.91. The zero-order chi connectivity index (χ0) is 18.0. The van der Waals surface area contributed by atoms with Crippen molar-refractivity contribution in [2.24, 2.45) is 11.7 Å². The zero-order valence-corrected chi connectivity index (χ0v) is 15.2. The fourth-order valence-electron chi connectivity index (χ4n) is 3.47. The number of benzene rings is 1. The monoisotopic (exact) mass is 367 g/mol. The number of hydrogen-bond donors (Lipinski definition) is 1. The molecule has 2 saturated heterocycles. The van der Waals surface area contributed by atoms with Crippen LogP contribution in [-0.2, 0) is 14.8 Å². The van der Waals surface area contributed by atoms with E-state index in [1.807, 2.05) is 6.92 Å². The van der Waals surface area contributed by atoms with E-state index in [4.69, 9.17) is 10.5 Å². The van der Waals surface area contributed by atoms with Crippen LogP contribution in [0.3, 0.4) is 0 Å². The Kier molecular flexibility index (Phi) is 5.31. The van der Waals surface area contributed by atoms with Gasteiger partial charge in [-0.05, 0) is 45.0 Å². The van der Waals surface area contributed by atoms with Crippen molar-refractivity contribution in [1.29, 1.82) is 0 Å². The molecule has 0 radical (unpaired) electrons.